The second kappa shape index (κ2) is 4.49. The Bertz CT molecular complexity index is 540. The second-order valence-electron chi connectivity index (χ2n) is 3.24. The number of esters is 1. The van der Waals surface area contributed by atoms with E-state index in [0.717, 1.165) is 10.8 Å². The van der Waals surface area contributed by atoms with Crippen LogP contribution < -0.4 is 0 Å². The molecule has 0 aliphatic carbocycles. The summed E-state index contributed by atoms with van der Waals surface area (Å²) in [5.41, 5.74) is 0.268. The fourth-order valence-corrected chi connectivity index (χ4v) is 1.72. The maximum Gasteiger partial charge on any atom is 0.357 e. The molecule has 0 saturated carbocycles. The maximum absolute atomic E-state index is 11.7. The highest BCUT2D eigenvalue weighted by molar-refractivity contribution is 6.30. The number of nitrogens with zero attached hydrogens (tertiary/aromatic N) is 1. The van der Waals surface area contributed by atoms with Crippen LogP contribution in [0.15, 0.2) is 30.3 Å². The van der Waals surface area contributed by atoms with Crippen molar-refractivity contribution in [2.75, 3.05) is 6.61 Å². The molecule has 0 amide bonds. The minimum atomic E-state index is -0.443. The highest BCUT2D eigenvalue weighted by atomic mass is 35.5. The van der Waals surface area contributed by atoms with Crippen LogP contribution >= 0.6 is 11.6 Å². The molecule has 0 fully saturated rings. The van der Waals surface area contributed by atoms with E-state index in [-0.39, 0.29) is 5.69 Å². The minimum Gasteiger partial charge on any atom is -0.461 e. The van der Waals surface area contributed by atoms with Crippen LogP contribution in [-0.2, 0) is 4.74 Å². The van der Waals surface area contributed by atoms with Crippen LogP contribution in [0.1, 0.15) is 17.4 Å². The van der Waals surface area contributed by atoms with E-state index in [1.807, 2.05) is 24.3 Å². The zero-order valence-corrected chi connectivity index (χ0v) is 9.49. The van der Waals surface area contributed by atoms with Gasteiger partial charge in [-0.2, -0.15) is 0 Å². The Hall–Kier alpha value is -1.61. The number of fused-ring (bicyclic) bond motifs is 1. The van der Waals surface area contributed by atoms with Crippen molar-refractivity contribution < 1.29 is 9.53 Å². The lowest BCUT2D eigenvalue weighted by Gasteiger charge is -2.05. The average molecular weight is 236 g/mol. The number of carbonyl (C=O) groups is 1. The number of aromatic nitrogens is 1. The molecule has 0 N–H and O–H groups in total. The molecule has 4 heteroatoms. The Balaban J connectivity index is 2.63. The molecule has 0 saturated heterocycles. The van der Waals surface area contributed by atoms with Crippen molar-refractivity contribution in [2.24, 2.45) is 0 Å². The molecule has 16 heavy (non-hydrogen) atoms. The van der Waals surface area contributed by atoms with E-state index in [1.54, 1.807) is 13.0 Å². The number of carbonyl (C=O) groups excluding carboxylic acids is 1. The van der Waals surface area contributed by atoms with Crippen LogP contribution in [-0.4, -0.2) is 17.6 Å². The number of hydrogen-bond donors (Lipinski definition) is 0. The fraction of sp³-hybridized carbons (Fsp3) is 0.167. The molecular formula is C12H10ClNO2. The summed E-state index contributed by atoms with van der Waals surface area (Å²) < 4.78 is 4.93. The van der Waals surface area contributed by atoms with Gasteiger partial charge in [0.05, 0.1) is 6.61 Å². The van der Waals surface area contributed by atoms with Crippen molar-refractivity contribution in [3.8, 4) is 0 Å². The first kappa shape index (κ1) is 10.9. The summed E-state index contributed by atoms with van der Waals surface area (Å²) in [5, 5.41) is 1.93. The molecule has 82 valence electrons. The van der Waals surface area contributed by atoms with Gasteiger partial charge in [-0.3, -0.25) is 0 Å². The molecule has 0 radical (unpaired) electrons. The lowest BCUT2D eigenvalue weighted by atomic mass is 10.1. The summed E-state index contributed by atoms with van der Waals surface area (Å²) in [7, 11) is 0. The second-order valence-corrected chi connectivity index (χ2v) is 3.62. The molecule has 1 heterocycles. The van der Waals surface area contributed by atoms with E-state index in [4.69, 9.17) is 16.3 Å². The van der Waals surface area contributed by atoms with E-state index < -0.39 is 5.97 Å². The topological polar surface area (TPSA) is 39.2 Å². The van der Waals surface area contributed by atoms with Crippen molar-refractivity contribution in [2.45, 2.75) is 6.92 Å². The molecule has 0 aliphatic rings. The van der Waals surface area contributed by atoms with Crippen LogP contribution in [0.2, 0.25) is 5.15 Å². The van der Waals surface area contributed by atoms with Crippen LogP contribution in [0.5, 0.6) is 0 Å². The van der Waals surface area contributed by atoms with Gasteiger partial charge in [-0.1, -0.05) is 35.9 Å². The van der Waals surface area contributed by atoms with Crippen molar-refractivity contribution in [3.63, 3.8) is 0 Å². The average Bonchev–Trinajstić information content (AvgIpc) is 2.28. The number of ether oxygens (including phenoxy) is 1. The molecule has 1 aromatic carbocycles. The molecule has 2 rings (SSSR count). The summed E-state index contributed by atoms with van der Waals surface area (Å²) in [6.07, 6.45) is 0. The van der Waals surface area contributed by atoms with Crippen molar-refractivity contribution in [1.82, 2.24) is 4.98 Å². The van der Waals surface area contributed by atoms with E-state index in [2.05, 4.69) is 4.98 Å². The maximum atomic E-state index is 11.7. The lowest BCUT2D eigenvalue weighted by Crippen LogP contribution is -2.07. The first-order valence-corrected chi connectivity index (χ1v) is 5.32. The number of pyridine rings is 1. The highest BCUT2D eigenvalue weighted by Gasteiger charge is 2.13. The lowest BCUT2D eigenvalue weighted by molar-refractivity contribution is 0.0522. The summed E-state index contributed by atoms with van der Waals surface area (Å²) in [4.78, 5) is 15.7. The summed E-state index contributed by atoms with van der Waals surface area (Å²) in [5.74, 6) is -0.443. The monoisotopic (exact) mass is 235 g/mol. The Labute approximate surface area is 98.0 Å². The van der Waals surface area contributed by atoms with Gasteiger partial charge in [0.2, 0.25) is 0 Å². The molecule has 0 aliphatic heterocycles. The third-order valence-electron chi connectivity index (χ3n) is 2.18. The molecule has 3 nitrogen and oxygen atoms in total. The van der Waals surface area contributed by atoms with Gasteiger partial charge in [0.1, 0.15) is 5.15 Å². The number of benzene rings is 1. The minimum absolute atomic E-state index is 0.268. The molecule has 0 bridgehead atoms. The predicted molar refractivity (Wildman–Crippen MR) is 62.7 cm³/mol. The summed E-state index contributed by atoms with van der Waals surface area (Å²) in [6.45, 7) is 2.08. The molecule has 2 aromatic rings. The molecule has 1 aromatic heterocycles. The van der Waals surface area contributed by atoms with Gasteiger partial charge in [-0.05, 0) is 18.4 Å². The molecule has 0 atom stereocenters. The van der Waals surface area contributed by atoms with Crippen LogP contribution in [0.25, 0.3) is 10.8 Å². The van der Waals surface area contributed by atoms with Gasteiger partial charge in [0.25, 0.3) is 0 Å². The highest BCUT2D eigenvalue weighted by Crippen LogP contribution is 2.21. The Morgan fingerprint density at radius 2 is 2.19 bits per heavy atom. The zero-order chi connectivity index (χ0) is 11.5. The van der Waals surface area contributed by atoms with Gasteiger partial charge in [0.15, 0.2) is 5.69 Å². The fourth-order valence-electron chi connectivity index (χ4n) is 1.52. The predicted octanol–water partition coefficient (Wildman–Crippen LogP) is 3.06. The van der Waals surface area contributed by atoms with Crippen LogP contribution in [0.3, 0.4) is 0 Å². The third-order valence-corrected chi connectivity index (χ3v) is 2.37. The van der Waals surface area contributed by atoms with Gasteiger partial charge >= 0.3 is 5.97 Å². The summed E-state index contributed by atoms with van der Waals surface area (Å²) >= 11 is 5.85. The van der Waals surface area contributed by atoms with Gasteiger partial charge in [-0.15, -0.1) is 0 Å². The third kappa shape index (κ3) is 1.99. The SMILES string of the molecule is CCOC(=O)c1nc(Cl)cc2ccccc12. The molecule has 0 spiro atoms. The normalized spacial score (nSPS) is 10.4. The molecule has 0 unspecified atom stereocenters. The van der Waals surface area contributed by atoms with Crippen LogP contribution in [0.4, 0.5) is 0 Å². The standard InChI is InChI=1S/C12H10ClNO2/c1-2-16-12(15)11-9-6-4-3-5-8(9)7-10(13)14-11/h3-7H,2H2,1H3. The Morgan fingerprint density at radius 1 is 1.44 bits per heavy atom. The quantitative estimate of drug-likeness (QED) is 0.593. The van der Waals surface area contributed by atoms with E-state index in [9.17, 15) is 4.79 Å². The Kier molecular flexibility index (Phi) is 3.06. The van der Waals surface area contributed by atoms with E-state index in [1.165, 1.54) is 0 Å². The zero-order valence-electron chi connectivity index (χ0n) is 8.74. The number of rotatable bonds is 2. The van der Waals surface area contributed by atoms with Gasteiger partial charge in [0, 0.05) is 5.39 Å². The van der Waals surface area contributed by atoms with Gasteiger partial charge in [-0.25, -0.2) is 9.78 Å². The van der Waals surface area contributed by atoms with Crippen molar-refractivity contribution >= 4 is 28.3 Å². The largest absolute Gasteiger partial charge is 0.461 e. The first-order valence-electron chi connectivity index (χ1n) is 4.94. The Morgan fingerprint density at radius 3 is 2.94 bits per heavy atom. The van der Waals surface area contributed by atoms with Crippen molar-refractivity contribution in [1.29, 1.82) is 0 Å². The van der Waals surface area contributed by atoms with E-state index >= 15 is 0 Å². The number of halogens is 1. The van der Waals surface area contributed by atoms with E-state index in [0.29, 0.717) is 11.8 Å². The molecular weight excluding hydrogens is 226 g/mol. The first-order chi connectivity index (χ1) is 7.72. The smallest absolute Gasteiger partial charge is 0.357 e. The van der Waals surface area contributed by atoms with Gasteiger partial charge < -0.3 is 4.74 Å². The van der Waals surface area contributed by atoms with Crippen LogP contribution in [0, 0.1) is 0 Å². The summed E-state index contributed by atoms with van der Waals surface area (Å²) in [6, 6.07) is 9.16. The van der Waals surface area contributed by atoms with Crippen molar-refractivity contribution in [3.05, 3.63) is 41.2 Å². The number of hydrogen-bond acceptors (Lipinski definition) is 3.